The summed E-state index contributed by atoms with van der Waals surface area (Å²) in [7, 11) is 0. The number of hydrogen-bond acceptors (Lipinski definition) is 1. The van der Waals surface area contributed by atoms with Gasteiger partial charge in [0.2, 0.25) is 0 Å². The van der Waals surface area contributed by atoms with E-state index in [2.05, 4.69) is 30.9 Å². The Kier molecular flexibility index (Phi) is 5.01. The standard InChI is InChI=1S/C18H20O/c1-2-3-4-5-6-11-18(19)17-13-12-15-9-7-8-10-16(15)14-17/h7-10,12-14,18-19H,2-5H2,1H3. The number of fused-ring (bicyclic) bond motifs is 1. The van der Waals surface area contributed by atoms with Gasteiger partial charge in [-0.25, -0.2) is 0 Å². The van der Waals surface area contributed by atoms with Crippen molar-refractivity contribution in [1.82, 2.24) is 0 Å². The van der Waals surface area contributed by atoms with E-state index in [4.69, 9.17) is 0 Å². The van der Waals surface area contributed by atoms with Gasteiger partial charge in [0.1, 0.15) is 6.10 Å². The summed E-state index contributed by atoms with van der Waals surface area (Å²) in [6, 6.07) is 14.2. The lowest BCUT2D eigenvalue weighted by Crippen LogP contribution is -1.93. The van der Waals surface area contributed by atoms with Crippen molar-refractivity contribution in [2.75, 3.05) is 0 Å². The van der Waals surface area contributed by atoms with Crippen molar-refractivity contribution in [2.24, 2.45) is 0 Å². The third-order valence-electron chi connectivity index (χ3n) is 3.23. The zero-order valence-corrected chi connectivity index (χ0v) is 11.4. The van der Waals surface area contributed by atoms with Gasteiger partial charge in [-0.2, -0.15) is 0 Å². The molecule has 0 aliphatic heterocycles. The number of aliphatic hydroxyl groups is 1. The van der Waals surface area contributed by atoms with Gasteiger partial charge in [-0.1, -0.05) is 62.1 Å². The molecule has 2 aromatic carbocycles. The minimum atomic E-state index is -0.675. The van der Waals surface area contributed by atoms with Crippen LogP contribution in [0.1, 0.15) is 44.3 Å². The van der Waals surface area contributed by atoms with Crippen LogP contribution in [0.25, 0.3) is 10.8 Å². The molecule has 0 fully saturated rings. The van der Waals surface area contributed by atoms with Gasteiger partial charge in [0.25, 0.3) is 0 Å². The molecule has 0 heterocycles. The maximum atomic E-state index is 10.1. The van der Waals surface area contributed by atoms with E-state index >= 15 is 0 Å². The molecule has 1 unspecified atom stereocenters. The highest BCUT2D eigenvalue weighted by Crippen LogP contribution is 2.20. The van der Waals surface area contributed by atoms with Crippen LogP contribution in [-0.2, 0) is 0 Å². The molecule has 0 amide bonds. The lowest BCUT2D eigenvalue weighted by Gasteiger charge is -2.05. The van der Waals surface area contributed by atoms with Crippen LogP contribution in [0.4, 0.5) is 0 Å². The van der Waals surface area contributed by atoms with E-state index in [-0.39, 0.29) is 0 Å². The molecule has 1 N–H and O–H groups in total. The van der Waals surface area contributed by atoms with Crippen LogP contribution >= 0.6 is 0 Å². The summed E-state index contributed by atoms with van der Waals surface area (Å²) in [4.78, 5) is 0. The Morgan fingerprint density at radius 3 is 2.63 bits per heavy atom. The first kappa shape index (κ1) is 13.6. The summed E-state index contributed by atoms with van der Waals surface area (Å²) in [5.74, 6) is 5.99. The first-order valence-corrected chi connectivity index (χ1v) is 6.96. The van der Waals surface area contributed by atoms with E-state index in [0.29, 0.717) is 0 Å². The zero-order chi connectivity index (χ0) is 13.5. The number of hydrogen-bond donors (Lipinski definition) is 1. The minimum Gasteiger partial charge on any atom is -0.376 e. The predicted octanol–water partition coefficient (Wildman–Crippen LogP) is 4.46. The molecule has 98 valence electrons. The van der Waals surface area contributed by atoms with Crippen molar-refractivity contribution in [3.8, 4) is 11.8 Å². The molecule has 0 bridgehead atoms. The van der Waals surface area contributed by atoms with Gasteiger partial charge in [0.05, 0.1) is 0 Å². The smallest absolute Gasteiger partial charge is 0.140 e. The van der Waals surface area contributed by atoms with Crippen LogP contribution in [0.15, 0.2) is 42.5 Å². The lowest BCUT2D eigenvalue weighted by atomic mass is 10.0. The molecule has 0 saturated carbocycles. The van der Waals surface area contributed by atoms with E-state index < -0.39 is 6.10 Å². The molecule has 1 atom stereocenters. The largest absolute Gasteiger partial charge is 0.376 e. The summed E-state index contributed by atoms with van der Waals surface area (Å²) in [6.07, 6.45) is 3.73. The molecule has 0 aromatic heterocycles. The lowest BCUT2D eigenvalue weighted by molar-refractivity contribution is 0.238. The van der Waals surface area contributed by atoms with Gasteiger partial charge in [-0.3, -0.25) is 0 Å². The monoisotopic (exact) mass is 252 g/mol. The van der Waals surface area contributed by atoms with E-state index in [1.165, 1.54) is 18.2 Å². The molecular formula is C18H20O. The van der Waals surface area contributed by atoms with Crippen molar-refractivity contribution < 1.29 is 5.11 Å². The first-order chi connectivity index (χ1) is 9.31. The molecule has 2 rings (SSSR count). The summed E-state index contributed by atoms with van der Waals surface area (Å²) < 4.78 is 0. The molecule has 19 heavy (non-hydrogen) atoms. The summed E-state index contributed by atoms with van der Waals surface area (Å²) in [5, 5.41) is 12.4. The Morgan fingerprint density at radius 1 is 1.05 bits per heavy atom. The third kappa shape index (κ3) is 3.84. The normalized spacial score (nSPS) is 11.9. The number of aliphatic hydroxyl groups excluding tert-OH is 1. The van der Waals surface area contributed by atoms with Gasteiger partial charge in [-0.15, -0.1) is 5.92 Å². The second kappa shape index (κ2) is 6.97. The van der Waals surface area contributed by atoms with Gasteiger partial charge < -0.3 is 5.11 Å². The molecular weight excluding hydrogens is 232 g/mol. The molecule has 0 aliphatic carbocycles. The van der Waals surface area contributed by atoms with E-state index in [9.17, 15) is 5.11 Å². The Morgan fingerprint density at radius 2 is 1.84 bits per heavy atom. The van der Waals surface area contributed by atoms with Gasteiger partial charge in [-0.05, 0) is 28.8 Å². The van der Waals surface area contributed by atoms with E-state index in [0.717, 1.165) is 23.8 Å². The Labute approximate surface area is 115 Å². The van der Waals surface area contributed by atoms with Gasteiger partial charge >= 0.3 is 0 Å². The fourth-order valence-electron chi connectivity index (χ4n) is 2.09. The fourth-order valence-corrected chi connectivity index (χ4v) is 2.09. The topological polar surface area (TPSA) is 20.2 Å². The Balaban J connectivity index is 2.06. The summed E-state index contributed by atoms with van der Waals surface area (Å²) >= 11 is 0. The molecule has 0 saturated heterocycles. The van der Waals surface area contributed by atoms with E-state index in [1.807, 2.05) is 30.3 Å². The predicted molar refractivity (Wildman–Crippen MR) is 80.8 cm³/mol. The van der Waals surface area contributed by atoms with Crippen LogP contribution in [-0.4, -0.2) is 5.11 Å². The van der Waals surface area contributed by atoms with Crippen LogP contribution in [0.5, 0.6) is 0 Å². The van der Waals surface area contributed by atoms with Crippen LogP contribution in [0.2, 0.25) is 0 Å². The van der Waals surface area contributed by atoms with Crippen molar-refractivity contribution >= 4 is 10.8 Å². The van der Waals surface area contributed by atoms with Crippen molar-refractivity contribution in [3.05, 3.63) is 48.0 Å². The van der Waals surface area contributed by atoms with Crippen LogP contribution in [0.3, 0.4) is 0 Å². The molecule has 1 heteroatoms. The highest BCUT2D eigenvalue weighted by Gasteiger charge is 2.03. The average Bonchev–Trinajstić information content (AvgIpc) is 2.46. The van der Waals surface area contributed by atoms with E-state index in [1.54, 1.807) is 0 Å². The van der Waals surface area contributed by atoms with Gasteiger partial charge in [0, 0.05) is 6.42 Å². The third-order valence-corrected chi connectivity index (χ3v) is 3.23. The van der Waals surface area contributed by atoms with Crippen LogP contribution < -0.4 is 0 Å². The average molecular weight is 252 g/mol. The minimum absolute atomic E-state index is 0.675. The fraction of sp³-hybridized carbons (Fsp3) is 0.333. The zero-order valence-electron chi connectivity index (χ0n) is 11.4. The van der Waals surface area contributed by atoms with Gasteiger partial charge in [0.15, 0.2) is 0 Å². The molecule has 1 nitrogen and oxygen atoms in total. The quantitative estimate of drug-likeness (QED) is 0.629. The maximum absolute atomic E-state index is 10.1. The first-order valence-electron chi connectivity index (χ1n) is 6.96. The Bertz CT molecular complexity index is 589. The number of rotatable bonds is 4. The Hall–Kier alpha value is -1.78. The molecule has 0 aliphatic rings. The van der Waals surface area contributed by atoms with Crippen molar-refractivity contribution in [3.63, 3.8) is 0 Å². The molecule has 0 radical (unpaired) electrons. The number of benzene rings is 2. The number of unbranched alkanes of at least 4 members (excludes halogenated alkanes) is 3. The highest BCUT2D eigenvalue weighted by atomic mass is 16.3. The van der Waals surface area contributed by atoms with Crippen molar-refractivity contribution in [1.29, 1.82) is 0 Å². The maximum Gasteiger partial charge on any atom is 0.140 e. The summed E-state index contributed by atoms with van der Waals surface area (Å²) in [6.45, 7) is 2.18. The molecule has 0 spiro atoms. The second-order valence-electron chi connectivity index (χ2n) is 4.79. The summed E-state index contributed by atoms with van der Waals surface area (Å²) in [5.41, 5.74) is 0.877. The van der Waals surface area contributed by atoms with Crippen molar-refractivity contribution in [2.45, 2.75) is 38.7 Å². The van der Waals surface area contributed by atoms with Crippen LogP contribution in [0, 0.1) is 11.8 Å². The molecule has 2 aromatic rings. The highest BCUT2D eigenvalue weighted by molar-refractivity contribution is 5.83. The SMILES string of the molecule is CCCCCC#CC(O)c1ccc2ccccc2c1. The second-order valence-corrected chi connectivity index (χ2v) is 4.79.